The summed E-state index contributed by atoms with van der Waals surface area (Å²) in [5.74, 6) is -0.297. The van der Waals surface area contributed by atoms with Crippen LogP contribution >= 0.6 is 0 Å². The highest BCUT2D eigenvalue weighted by atomic mass is 29.3. The first-order valence-electron chi connectivity index (χ1n) is 11.6. The second kappa shape index (κ2) is 6.79. The molecule has 2 aliphatic rings. The maximum atomic E-state index is 12.5. The Morgan fingerprint density at radius 3 is 2.26 bits per heavy atom. The van der Waals surface area contributed by atoms with E-state index in [1.165, 1.54) is 38.6 Å². The van der Waals surface area contributed by atoms with Gasteiger partial charge in [0.25, 0.3) is 0 Å². The molecule has 1 aliphatic heterocycles. The van der Waals surface area contributed by atoms with Crippen molar-refractivity contribution in [3.63, 3.8) is 0 Å². The van der Waals surface area contributed by atoms with Gasteiger partial charge in [0.15, 0.2) is 0 Å². The predicted octanol–water partition coefficient (Wildman–Crippen LogP) is 5.33. The maximum absolute atomic E-state index is 12.5. The first-order chi connectivity index (χ1) is 14.2. The number of amides is 1. The Labute approximate surface area is 189 Å². The third kappa shape index (κ3) is 3.06. The summed E-state index contributed by atoms with van der Waals surface area (Å²) >= 11 is 0. The summed E-state index contributed by atoms with van der Waals surface area (Å²) in [6.45, 7) is 21.3. The molecule has 2 aromatic rings. The van der Waals surface area contributed by atoms with Crippen LogP contribution in [-0.4, -0.2) is 21.1 Å². The van der Waals surface area contributed by atoms with Crippen LogP contribution in [0.15, 0.2) is 23.8 Å². The smallest absolute Gasteiger partial charge is 0.248 e. The zero-order chi connectivity index (χ0) is 23.1. The molecule has 1 amide bonds. The van der Waals surface area contributed by atoms with Gasteiger partial charge in [-0.1, -0.05) is 94.1 Å². The number of rotatable bonds is 3. The van der Waals surface area contributed by atoms with E-state index in [0.717, 1.165) is 24.0 Å². The molecule has 0 atom stereocenters. The van der Waals surface area contributed by atoms with Gasteiger partial charge in [-0.2, -0.15) is 0 Å². The van der Waals surface area contributed by atoms with Crippen molar-refractivity contribution in [1.82, 2.24) is 0 Å². The molecule has 0 radical (unpaired) electrons. The van der Waals surface area contributed by atoms with Crippen molar-refractivity contribution in [1.29, 1.82) is 0 Å². The van der Waals surface area contributed by atoms with E-state index in [1.54, 1.807) is 5.19 Å². The van der Waals surface area contributed by atoms with Crippen molar-refractivity contribution >= 4 is 37.5 Å². The molecule has 0 unspecified atom stereocenters. The molecule has 2 nitrogen and oxygen atoms in total. The minimum atomic E-state index is -1.57. The van der Waals surface area contributed by atoms with Crippen LogP contribution in [0.5, 0.6) is 0 Å². The molecule has 1 aliphatic carbocycles. The lowest BCUT2D eigenvalue weighted by molar-refractivity contribution is 0.1000. The van der Waals surface area contributed by atoms with Crippen LogP contribution in [0.1, 0.15) is 66.7 Å². The molecular weight excluding hydrogens is 410 g/mol. The number of hydrogen-bond donors (Lipinski definition) is 1. The fraction of sp³-hybridized carbons (Fsp3) is 0.444. The van der Waals surface area contributed by atoms with Crippen LogP contribution in [-0.2, 0) is 11.8 Å². The fourth-order valence-corrected chi connectivity index (χ4v) is 16.0. The number of carbonyl (C=O) groups is 1. The third-order valence-corrected chi connectivity index (χ3v) is 26.2. The Bertz CT molecular complexity index is 1160. The molecule has 2 aromatic carbocycles. The van der Waals surface area contributed by atoms with Gasteiger partial charge in [0.1, 0.15) is 0 Å². The molecule has 0 bridgehead atoms. The molecule has 0 spiro atoms. The van der Waals surface area contributed by atoms with E-state index in [4.69, 9.17) is 5.73 Å². The lowest BCUT2D eigenvalue weighted by Crippen LogP contribution is -2.85. The average Bonchev–Trinajstić information content (AvgIpc) is 3.09. The van der Waals surface area contributed by atoms with Crippen LogP contribution in [0.25, 0.3) is 17.2 Å². The predicted molar refractivity (Wildman–Crippen MR) is 140 cm³/mol. The van der Waals surface area contributed by atoms with Gasteiger partial charge >= 0.3 is 0 Å². The standard InChI is InChI=1S/C27H37NOSi2/c1-10-17-11-18-13-19(27(3,4)5)14-22(21(18)12-17)24-16(2)20(26(28)29)15-23-25(24)31(8,9)30(23,6)7/h11,13-15H,10,12H2,1-9H3,(H2,28,29). The molecule has 0 aromatic heterocycles. The highest BCUT2D eigenvalue weighted by Gasteiger charge is 2.56. The number of fused-ring (bicyclic) bond motifs is 2. The van der Waals surface area contributed by atoms with Crippen LogP contribution < -0.4 is 16.1 Å². The first kappa shape index (κ1) is 22.3. The van der Waals surface area contributed by atoms with Crippen molar-refractivity contribution in [3.8, 4) is 11.1 Å². The normalized spacial score (nSPS) is 18.2. The number of nitrogens with two attached hydrogens (primary N) is 1. The summed E-state index contributed by atoms with van der Waals surface area (Å²) in [4.78, 5) is 12.5. The number of allylic oxidation sites excluding steroid dienone is 1. The Morgan fingerprint density at radius 1 is 1.06 bits per heavy atom. The summed E-state index contributed by atoms with van der Waals surface area (Å²) in [7, 11) is -3.11. The van der Waals surface area contributed by atoms with E-state index in [9.17, 15) is 4.79 Å². The Hall–Kier alpha value is -1.92. The Balaban J connectivity index is 2.12. The highest BCUT2D eigenvalue weighted by Crippen LogP contribution is 2.42. The van der Waals surface area contributed by atoms with Gasteiger partial charge in [0, 0.05) is 5.56 Å². The van der Waals surface area contributed by atoms with Crippen molar-refractivity contribution in [2.24, 2.45) is 5.73 Å². The monoisotopic (exact) mass is 447 g/mol. The van der Waals surface area contributed by atoms with E-state index in [0.29, 0.717) is 0 Å². The summed E-state index contributed by atoms with van der Waals surface area (Å²) < 4.78 is 0. The topological polar surface area (TPSA) is 43.1 Å². The van der Waals surface area contributed by atoms with Gasteiger partial charge in [-0.15, -0.1) is 0 Å². The zero-order valence-corrected chi connectivity index (χ0v) is 22.7. The summed E-state index contributed by atoms with van der Waals surface area (Å²) in [5.41, 5.74) is 16.1. The van der Waals surface area contributed by atoms with Gasteiger partial charge in [-0.25, -0.2) is 0 Å². The molecule has 4 heteroatoms. The molecule has 0 saturated heterocycles. The number of hydrogen-bond acceptors (Lipinski definition) is 1. The van der Waals surface area contributed by atoms with E-state index in [-0.39, 0.29) is 11.3 Å². The Kier molecular flexibility index (Phi) is 4.88. The lowest BCUT2D eigenvalue weighted by Gasteiger charge is -2.53. The zero-order valence-electron chi connectivity index (χ0n) is 20.7. The van der Waals surface area contributed by atoms with E-state index >= 15 is 0 Å². The van der Waals surface area contributed by atoms with Gasteiger partial charge in [-0.3, -0.25) is 4.79 Å². The molecule has 2 N–H and O–H groups in total. The summed E-state index contributed by atoms with van der Waals surface area (Å²) in [6.07, 6.45) is 4.50. The van der Waals surface area contributed by atoms with Crippen LogP contribution in [0.4, 0.5) is 0 Å². The minimum absolute atomic E-state index is 0.0653. The number of benzene rings is 2. The largest absolute Gasteiger partial charge is 0.366 e. The molecule has 0 fully saturated rings. The second-order valence-corrected chi connectivity index (χ2v) is 26.7. The van der Waals surface area contributed by atoms with Gasteiger partial charge in [0.2, 0.25) is 5.91 Å². The molecular formula is C27H37NOSi2. The molecule has 4 rings (SSSR count). The number of carbonyl (C=O) groups excluding carboxylic acids is 1. The first-order valence-corrected chi connectivity index (χ1v) is 18.6. The van der Waals surface area contributed by atoms with Crippen LogP contribution in [0.3, 0.4) is 0 Å². The van der Waals surface area contributed by atoms with Crippen LogP contribution in [0.2, 0.25) is 26.2 Å². The summed E-state index contributed by atoms with van der Waals surface area (Å²) in [6, 6.07) is 6.98. The van der Waals surface area contributed by atoms with Crippen molar-refractivity contribution in [2.45, 2.75) is 79.1 Å². The lowest BCUT2D eigenvalue weighted by atomic mass is 9.81. The molecule has 0 saturated carbocycles. The van der Waals surface area contributed by atoms with Gasteiger partial charge in [0.05, 0.1) is 15.2 Å². The van der Waals surface area contributed by atoms with Gasteiger partial charge < -0.3 is 5.73 Å². The molecule has 164 valence electrons. The summed E-state index contributed by atoms with van der Waals surface area (Å²) in [5, 5.41) is 3.06. The average molecular weight is 448 g/mol. The van der Waals surface area contributed by atoms with Crippen LogP contribution in [0, 0.1) is 6.92 Å². The van der Waals surface area contributed by atoms with E-state index in [2.05, 4.69) is 85.1 Å². The highest BCUT2D eigenvalue weighted by molar-refractivity contribution is 7.57. The van der Waals surface area contributed by atoms with E-state index in [1.807, 2.05) is 0 Å². The Morgan fingerprint density at radius 2 is 1.71 bits per heavy atom. The quantitative estimate of drug-likeness (QED) is 0.635. The maximum Gasteiger partial charge on any atom is 0.248 e. The SMILES string of the molecule is CCC1=Cc2cc(C(C)(C)C)cc(-c3c(C)c(C(N)=O)cc4c3[Si](C)(C)[Si]4(C)C)c2C1. The molecule has 1 heterocycles. The third-order valence-electron chi connectivity index (χ3n) is 8.35. The van der Waals surface area contributed by atoms with Gasteiger partial charge in [-0.05, 0) is 58.6 Å². The van der Waals surface area contributed by atoms with Crippen molar-refractivity contribution in [2.75, 3.05) is 0 Å². The molecule has 31 heavy (non-hydrogen) atoms. The van der Waals surface area contributed by atoms with E-state index < -0.39 is 15.2 Å². The second-order valence-electron chi connectivity index (χ2n) is 11.6. The van der Waals surface area contributed by atoms with Crippen molar-refractivity contribution in [3.05, 3.63) is 51.6 Å². The van der Waals surface area contributed by atoms with Crippen molar-refractivity contribution < 1.29 is 4.79 Å². The number of primary amides is 1. The fourth-order valence-electron chi connectivity index (χ4n) is 5.50. The minimum Gasteiger partial charge on any atom is -0.366 e.